The maximum Gasteiger partial charge on any atom is 0.121 e. The highest BCUT2D eigenvalue weighted by atomic mass is 16.5. The summed E-state index contributed by atoms with van der Waals surface area (Å²) < 4.78 is 17.1. The van der Waals surface area contributed by atoms with Gasteiger partial charge in [-0.05, 0) is 59.4 Å². The third-order valence-corrected chi connectivity index (χ3v) is 5.15. The molecule has 3 heteroatoms. The van der Waals surface area contributed by atoms with Gasteiger partial charge >= 0.3 is 0 Å². The zero-order valence-electron chi connectivity index (χ0n) is 16.6. The number of rotatable bonds is 6. The van der Waals surface area contributed by atoms with Crippen LogP contribution in [0, 0.1) is 17.8 Å². The largest absolute Gasteiger partial charge is 0.489 e. The van der Waals surface area contributed by atoms with Crippen LogP contribution in [0.5, 0.6) is 5.75 Å². The molecule has 1 saturated heterocycles. The minimum atomic E-state index is 0.458. The Labute approximate surface area is 172 Å². The van der Waals surface area contributed by atoms with E-state index in [-0.39, 0.29) is 0 Å². The van der Waals surface area contributed by atoms with E-state index in [9.17, 15) is 0 Å². The summed E-state index contributed by atoms with van der Waals surface area (Å²) >= 11 is 0. The predicted octanol–water partition coefficient (Wildman–Crippen LogP) is 5.21. The highest BCUT2D eigenvalue weighted by Crippen LogP contribution is 2.19. The molecule has 0 bridgehead atoms. The van der Waals surface area contributed by atoms with Gasteiger partial charge in [-0.3, -0.25) is 0 Å². The Kier molecular flexibility index (Phi) is 6.81. The van der Waals surface area contributed by atoms with Crippen molar-refractivity contribution in [1.29, 1.82) is 0 Å². The quantitative estimate of drug-likeness (QED) is 0.430. The van der Waals surface area contributed by atoms with Crippen LogP contribution in [0.25, 0.3) is 10.8 Å². The smallest absolute Gasteiger partial charge is 0.121 e. The summed E-state index contributed by atoms with van der Waals surface area (Å²) in [6.45, 7) is 3.47. The van der Waals surface area contributed by atoms with Gasteiger partial charge in [0.15, 0.2) is 0 Å². The first kappa shape index (κ1) is 19.5. The standard InChI is InChI=1S/C26H26O3/c1-2-8-25-17-23(10-11-24(25)7-1)20-29-26-9-3-5-21(18-26)6-4-14-28-19-22-12-15-27-16-13-22/h1-3,5,7-11,17-18,22H,12-16,19-20H2. The molecule has 0 N–H and O–H groups in total. The molecule has 0 unspecified atom stereocenters. The van der Waals surface area contributed by atoms with Gasteiger partial charge in [0.05, 0.1) is 6.61 Å². The van der Waals surface area contributed by atoms with E-state index in [2.05, 4.69) is 54.3 Å². The molecule has 0 amide bonds. The van der Waals surface area contributed by atoms with Crippen molar-refractivity contribution in [3.8, 4) is 17.6 Å². The Bertz CT molecular complexity index is 993. The van der Waals surface area contributed by atoms with Crippen LogP contribution in [0.4, 0.5) is 0 Å². The van der Waals surface area contributed by atoms with Crippen LogP contribution in [0.3, 0.4) is 0 Å². The molecule has 1 aliphatic heterocycles. The van der Waals surface area contributed by atoms with Gasteiger partial charge in [-0.25, -0.2) is 0 Å². The first-order valence-corrected chi connectivity index (χ1v) is 10.2. The van der Waals surface area contributed by atoms with Crippen molar-refractivity contribution < 1.29 is 14.2 Å². The van der Waals surface area contributed by atoms with Gasteiger partial charge < -0.3 is 14.2 Å². The van der Waals surface area contributed by atoms with E-state index >= 15 is 0 Å². The van der Waals surface area contributed by atoms with Gasteiger partial charge in [-0.1, -0.05) is 54.3 Å². The molecule has 148 valence electrons. The molecule has 0 aromatic heterocycles. The lowest BCUT2D eigenvalue weighted by Gasteiger charge is -2.21. The van der Waals surface area contributed by atoms with Gasteiger partial charge in [0, 0.05) is 18.8 Å². The molecule has 3 aromatic carbocycles. The SMILES string of the molecule is C(#Cc1cccc(OCc2ccc3ccccc3c2)c1)COCC1CCOCC1. The second-order valence-electron chi connectivity index (χ2n) is 7.37. The minimum Gasteiger partial charge on any atom is -0.489 e. The number of ether oxygens (including phenoxy) is 3. The molecular formula is C26H26O3. The predicted molar refractivity (Wildman–Crippen MR) is 116 cm³/mol. The first-order chi connectivity index (χ1) is 14.4. The molecule has 0 spiro atoms. The summed E-state index contributed by atoms with van der Waals surface area (Å²) in [5.41, 5.74) is 2.09. The number of hydrogen-bond acceptors (Lipinski definition) is 3. The molecule has 1 heterocycles. The summed E-state index contributed by atoms with van der Waals surface area (Å²) in [7, 11) is 0. The Morgan fingerprint density at radius 3 is 2.66 bits per heavy atom. The normalized spacial score (nSPS) is 14.3. The van der Waals surface area contributed by atoms with Gasteiger partial charge in [0.25, 0.3) is 0 Å². The van der Waals surface area contributed by atoms with Crippen LogP contribution in [-0.2, 0) is 16.1 Å². The summed E-state index contributed by atoms with van der Waals surface area (Å²) in [4.78, 5) is 0. The van der Waals surface area contributed by atoms with Crippen molar-refractivity contribution >= 4 is 10.8 Å². The first-order valence-electron chi connectivity index (χ1n) is 10.2. The second-order valence-corrected chi connectivity index (χ2v) is 7.37. The van der Waals surface area contributed by atoms with E-state index in [0.29, 0.717) is 19.1 Å². The van der Waals surface area contributed by atoms with E-state index in [1.54, 1.807) is 0 Å². The lowest BCUT2D eigenvalue weighted by molar-refractivity contribution is 0.0282. The average molecular weight is 386 g/mol. The summed E-state index contributed by atoms with van der Waals surface area (Å²) in [6.07, 6.45) is 2.17. The molecular weight excluding hydrogens is 360 g/mol. The highest BCUT2D eigenvalue weighted by molar-refractivity contribution is 5.82. The van der Waals surface area contributed by atoms with Crippen molar-refractivity contribution in [2.24, 2.45) is 5.92 Å². The van der Waals surface area contributed by atoms with Crippen LogP contribution >= 0.6 is 0 Å². The van der Waals surface area contributed by atoms with Crippen LogP contribution in [-0.4, -0.2) is 26.4 Å². The second kappa shape index (κ2) is 10.1. The zero-order valence-corrected chi connectivity index (χ0v) is 16.6. The molecule has 3 aromatic rings. The van der Waals surface area contributed by atoms with E-state index in [4.69, 9.17) is 14.2 Å². The fourth-order valence-corrected chi connectivity index (χ4v) is 3.49. The van der Waals surface area contributed by atoms with Crippen LogP contribution in [0.2, 0.25) is 0 Å². The fraction of sp³-hybridized carbons (Fsp3) is 0.308. The Morgan fingerprint density at radius 2 is 1.76 bits per heavy atom. The van der Waals surface area contributed by atoms with Crippen LogP contribution in [0.15, 0.2) is 66.7 Å². The zero-order chi connectivity index (χ0) is 19.7. The van der Waals surface area contributed by atoms with Gasteiger partial charge in [-0.15, -0.1) is 0 Å². The molecule has 0 saturated carbocycles. The van der Waals surface area contributed by atoms with E-state index < -0.39 is 0 Å². The molecule has 1 fully saturated rings. The van der Waals surface area contributed by atoms with Crippen molar-refractivity contribution in [3.63, 3.8) is 0 Å². The molecule has 4 rings (SSSR count). The monoisotopic (exact) mass is 386 g/mol. The summed E-state index contributed by atoms with van der Waals surface area (Å²) in [5.74, 6) is 7.70. The maximum atomic E-state index is 5.98. The highest BCUT2D eigenvalue weighted by Gasteiger charge is 2.13. The van der Waals surface area contributed by atoms with Crippen LogP contribution < -0.4 is 4.74 Å². The van der Waals surface area contributed by atoms with E-state index in [1.165, 1.54) is 10.8 Å². The van der Waals surface area contributed by atoms with E-state index in [1.807, 2.05) is 24.3 Å². The number of hydrogen-bond donors (Lipinski definition) is 0. The number of benzene rings is 3. The Morgan fingerprint density at radius 1 is 0.897 bits per heavy atom. The van der Waals surface area contributed by atoms with Crippen molar-refractivity contribution in [2.45, 2.75) is 19.4 Å². The summed E-state index contributed by atoms with van der Waals surface area (Å²) in [5, 5.41) is 2.47. The lowest BCUT2D eigenvalue weighted by atomic mass is 10.0. The third-order valence-electron chi connectivity index (χ3n) is 5.15. The molecule has 0 radical (unpaired) electrons. The topological polar surface area (TPSA) is 27.7 Å². The summed E-state index contributed by atoms with van der Waals surface area (Å²) in [6, 6.07) is 22.7. The average Bonchev–Trinajstić information content (AvgIpc) is 2.78. The van der Waals surface area contributed by atoms with Crippen molar-refractivity contribution in [1.82, 2.24) is 0 Å². The maximum absolute atomic E-state index is 5.98. The fourth-order valence-electron chi connectivity index (χ4n) is 3.49. The molecule has 0 atom stereocenters. The van der Waals surface area contributed by atoms with Gasteiger partial charge in [-0.2, -0.15) is 0 Å². The van der Waals surface area contributed by atoms with Gasteiger partial charge in [0.2, 0.25) is 0 Å². The Balaban J connectivity index is 1.28. The molecule has 29 heavy (non-hydrogen) atoms. The molecule has 3 nitrogen and oxygen atoms in total. The Hall–Kier alpha value is -2.80. The number of fused-ring (bicyclic) bond motifs is 1. The molecule has 0 aliphatic carbocycles. The lowest BCUT2D eigenvalue weighted by Crippen LogP contribution is -2.20. The van der Waals surface area contributed by atoms with Crippen LogP contribution in [0.1, 0.15) is 24.0 Å². The third kappa shape index (κ3) is 5.84. The van der Waals surface area contributed by atoms with Gasteiger partial charge in [0.1, 0.15) is 19.0 Å². The minimum absolute atomic E-state index is 0.458. The van der Waals surface area contributed by atoms with Crippen molar-refractivity contribution in [2.75, 3.05) is 26.4 Å². The van der Waals surface area contributed by atoms with E-state index in [0.717, 1.165) is 49.5 Å². The molecule has 1 aliphatic rings. The van der Waals surface area contributed by atoms with Crippen molar-refractivity contribution in [3.05, 3.63) is 77.9 Å².